The summed E-state index contributed by atoms with van der Waals surface area (Å²) in [6.07, 6.45) is 2.08. The van der Waals surface area contributed by atoms with Gasteiger partial charge < -0.3 is 14.3 Å². The van der Waals surface area contributed by atoms with Crippen LogP contribution >= 0.6 is 23.1 Å². The fourth-order valence-electron chi connectivity index (χ4n) is 2.89. The maximum absolute atomic E-state index is 12.4. The fourth-order valence-corrected chi connectivity index (χ4v) is 4.46. The van der Waals surface area contributed by atoms with Crippen molar-refractivity contribution in [1.29, 1.82) is 0 Å². The number of amides is 1. The van der Waals surface area contributed by atoms with E-state index >= 15 is 0 Å². The van der Waals surface area contributed by atoms with Crippen LogP contribution in [0.15, 0.2) is 33.7 Å². The van der Waals surface area contributed by atoms with Crippen molar-refractivity contribution in [2.24, 2.45) is 0 Å². The van der Waals surface area contributed by atoms with Crippen LogP contribution in [0.4, 0.5) is 5.13 Å². The molecule has 1 aliphatic rings. The van der Waals surface area contributed by atoms with Crippen LogP contribution in [-0.4, -0.2) is 53.4 Å². The first-order valence-corrected chi connectivity index (χ1v) is 10.1. The molecular weight excluding hydrogens is 356 g/mol. The molecule has 1 fully saturated rings. The summed E-state index contributed by atoms with van der Waals surface area (Å²) in [5.74, 6) is 0.589. The Morgan fingerprint density at radius 3 is 2.72 bits per heavy atom. The Balaban J connectivity index is 1.45. The molecule has 2 aromatic heterocycles. The number of fused-ring (bicyclic) bond motifs is 1. The van der Waals surface area contributed by atoms with Crippen LogP contribution in [0.1, 0.15) is 16.2 Å². The normalized spacial score (nSPS) is 15.1. The zero-order valence-electron chi connectivity index (χ0n) is 14.1. The van der Waals surface area contributed by atoms with E-state index in [0.717, 1.165) is 23.7 Å². The molecule has 4 rings (SSSR count). The van der Waals surface area contributed by atoms with Crippen molar-refractivity contribution in [3.8, 4) is 0 Å². The molecule has 0 saturated carbocycles. The molecule has 3 aromatic rings. The van der Waals surface area contributed by atoms with Crippen molar-refractivity contribution in [3.63, 3.8) is 0 Å². The number of hydrogen-bond donors (Lipinski definition) is 0. The average Bonchev–Trinajstić information content (AvgIpc) is 3.26. The van der Waals surface area contributed by atoms with Crippen LogP contribution in [0.2, 0.25) is 0 Å². The number of hydrogen-bond acceptors (Lipinski definition) is 7. The van der Waals surface area contributed by atoms with Crippen molar-refractivity contribution < 1.29 is 9.32 Å². The van der Waals surface area contributed by atoms with Gasteiger partial charge in [0.25, 0.3) is 5.91 Å². The van der Waals surface area contributed by atoms with Gasteiger partial charge in [0.05, 0.1) is 10.2 Å². The number of carbonyl (C=O) groups is 1. The summed E-state index contributed by atoms with van der Waals surface area (Å²) in [5, 5.41) is 4.85. The maximum atomic E-state index is 12.4. The van der Waals surface area contributed by atoms with E-state index in [4.69, 9.17) is 9.51 Å². The number of aromatic nitrogens is 2. The number of carbonyl (C=O) groups excluding carboxylic acids is 1. The van der Waals surface area contributed by atoms with E-state index in [9.17, 15) is 4.79 Å². The molecule has 0 bridgehead atoms. The molecule has 0 radical (unpaired) electrons. The van der Waals surface area contributed by atoms with E-state index in [0.29, 0.717) is 24.5 Å². The second-order valence-electron chi connectivity index (χ2n) is 5.93. The smallest absolute Gasteiger partial charge is 0.276 e. The van der Waals surface area contributed by atoms with Gasteiger partial charge in [0.2, 0.25) is 0 Å². The molecule has 25 heavy (non-hydrogen) atoms. The van der Waals surface area contributed by atoms with Crippen molar-refractivity contribution >= 4 is 44.4 Å². The summed E-state index contributed by atoms with van der Waals surface area (Å²) in [7, 11) is 0. The van der Waals surface area contributed by atoms with E-state index < -0.39 is 0 Å². The summed E-state index contributed by atoms with van der Waals surface area (Å²) >= 11 is 3.45. The molecule has 0 aliphatic carbocycles. The van der Waals surface area contributed by atoms with E-state index in [1.165, 1.54) is 9.60 Å². The third kappa shape index (κ3) is 3.23. The van der Waals surface area contributed by atoms with Crippen LogP contribution in [0.5, 0.6) is 0 Å². The van der Waals surface area contributed by atoms with E-state index in [2.05, 4.69) is 34.5 Å². The minimum absolute atomic E-state index is 0.0644. The van der Waals surface area contributed by atoms with Crippen LogP contribution in [-0.2, 0) is 0 Å². The first-order valence-electron chi connectivity index (χ1n) is 8.06. The number of aryl methyl sites for hydroxylation is 1. The third-order valence-corrected chi connectivity index (χ3v) is 6.07. The first kappa shape index (κ1) is 16.4. The highest BCUT2D eigenvalue weighted by Gasteiger charge is 2.25. The number of rotatable bonds is 3. The molecule has 1 saturated heterocycles. The van der Waals surface area contributed by atoms with Gasteiger partial charge in [-0.05, 0) is 31.4 Å². The summed E-state index contributed by atoms with van der Waals surface area (Å²) in [5.41, 5.74) is 1.42. The molecule has 0 spiro atoms. The number of nitrogens with zero attached hydrogens (tertiary/aromatic N) is 4. The second-order valence-corrected chi connectivity index (χ2v) is 7.82. The van der Waals surface area contributed by atoms with E-state index in [-0.39, 0.29) is 5.91 Å². The predicted molar refractivity (Wildman–Crippen MR) is 101 cm³/mol. The summed E-state index contributed by atoms with van der Waals surface area (Å²) in [6.45, 7) is 4.67. The number of anilines is 1. The summed E-state index contributed by atoms with van der Waals surface area (Å²) in [6, 6.07) is 8.06. The molecule has 1 aromatic carbocycles. The van der Waals surface area contributed by atoms with Gasteiger partial charge in [-0.3, -0.25) is 4.79 Å². The Hall–Kier alpha value is -2.06. The molecule has 8 heteroatoms. The van der Waals surface area contributed by atoms with Gasteiger partial charge in [0.1, 0.15) is 5.76 Å². The quantitative estimate of drug-likeness (QED) is 0.656. The standard InChI is InChI=1S/C17H18N4O2S2/c1-11-9-14(19-23-11)16(22)20-5-7-21(8-6-20)17-18-13-4-3-12(24-2)10-15(13)25-17/h3-4,9-10H,5-8H2,1-2H3. The molecular formula is C17H18N4O2S2. The fraction of sp³-hybridized carbons (Fsp3) is 0.353. The molecule has 0 atom stereocenters. The van der Waals surface area contributed by atoms with Gasteiger partial charge in [-0.25, -0.2) is 4.98 Å². The molecule has 1 aliphatic heterocycles. The highest BCUT2D eigenvalue weighted by atomic mass is 32.2. The molecule has 0 unspecified atom stereocenters. The van der Waals surface area contributed by atoms with Crippen molar-refractivity contribution in [2.75, 3.05) is 37.3 Å². The number of thiazole rings is 1. The monoisotopic (exact) mass is 374 g/mol. The lowest BCUT2D eigenvalue weighted by molar-refractivity contribution is 0.0736. The predicted octanol–water partition coefficient (Wildman–Crippen LogP) is 3.28. The van der Waals surface area contributed by atoms with Gasteiger partial charge in [0, 0.05) is 37.1 Å². The van der Waals surface area contributed by atoms with E-state index in [1.807, 2.05) is 4.90 Å². The van der Waals surface area contributed by atoms with Gasteiger partial charge in [-0.1, -0.05) is 16.5 Å². The maximum Gasteiger partial charge on any atom is 0.276 e. The Bertz CT molecular complexity index is 912. The summed E-state index contributed by atoms with van der Waals surface area (Å²) < 4.78 is 6.21. The lowest BCUT2D eigenvalue weighted by atomic mass is 10.3. The Kier molecular flexibility index (Phi) is 4.39. The lowest BCUT2D eigenvalue weighted by Gasteiger charge is -2.34. The Labute approximate surface area is 153 Å². The van der Waals surface area contributed by atoms with E-state index in [1.54, 1.807) is 36.1 Å². The number of thioether (sulfide) groups is 1. The van der Waals surface area contributed by atoms with Gasteiger partial charge >= 0.3 is 0 Å². The minimum Gasteiger partial charge on any atom is -0.361 e. The molecule has 6 nitrogen and oxygen atoms in total. The van der Waals surface area contributed by atoms with Gasteiger partial charge in [0.15, 0.2) is 10.8 Å². The van der Waals surface area contributed by atoms with Crippen molar-refractivity contribution in [1.82, 2.24) is 15.0 Å². The first-order chi connectivity index (χ1) is 12.1. The molecule has 0 N–H and O–H groups in total. The van der Waals surface area contributed by atoms with Gasteiger partial charge in [-0.2, -0.15) is 0 Å². The van der Waals surface area contributed by atoms with Gasteiger partial charge in [-0.15, -0.1) is 11.8 Å². The topological polar surface area (TPSA) is 62.5 Å². The Morgan fingerprint density at radius 2 is 2.04 bits per heavy atom. The van der Waals surface area contributed by atoms with Crippen LogP contribution < -0.4 is 4.90 Å². The minimum atomic E-state index is -0.0644. The number of piperazine rings is 1. The molecule has 130 valence electrons. The Morgan fingerprint density at radius 1 is 1.24 bits per heavy atom. The van der Waals surface area contributed by atoms with Crippen LogP contribution in [0.25, 0.3) is 10.2 Å². The average molecular weight is 374 g/mol. The summed E-state index contributed by atoms with van der Waals surface area (Å²) in [4.78, 5) is 22.5. The third-order valence-electron chi connectivity index (χ3n) is 4.27. The largest absolute Gasteiger partial charge is 0.361 e. The zero-order chi connectivity index (χ0) is 17.4. The SMILES string of the molecule is CSc1ccc2nc(N3CCN(C(=O)c4cc(C)on4)CC3)sc2c1. The van der Waals surface area contributed by atoms with Crippen molar-refractivity contribution in [2.45, 2.75) is 11.8 Å². The van der Waals surface area contributed by atoms with Crippen molar-refractivity contribution in [3.05, 3.63) is 35.7 Å². The zero-order valence-corrected chi connectivity index (χ0v) is 15.7. The van der Waals surface area contributed by atoms with Crippen LogP contribution in [0, 0.1) is 6.92 Å². The highest BCUT2D eigenvalue weighted by Crippen LogP contribution is 2.32. The lowest BCUT2D eigenvalue weighted by Crippen LogP contribution is -2.48. The van der Waals surface area contributed by atoms with Crippen LogP contribution in [0.3, 0.4) is 0 Å². The molecule has 3 heterocycles. The molecule has 1 amide bonds. The second kappa shape index (κ2) is 6.68. The number of benzene rings is 1. The highest BCUT2D eigenvalue weighted by molar-refractivity contribution is 7.98.